The molecule has 134 valence electrons. The van der Waals surface area contributed by atoms with E-state index >= 15 is 0 Å². The Morgan fingerprint density at radius 3 is 1.70 bits per heavy atom. The Morgan fingerprint density at radius 1 is 0.696 bits per heavy atom. The van der Waals surface area contributed by atoms with E-state index in [0.717, 1.165) is 0 Å². The van der Waals surface area contributed by atoms with Gasteiger partial charge in [-0.05, 0) is 23.7 Å². The van der Waals surface area contributed by atoms with E-state index in [1.807, 2.05) is 0 Å². The van der Waals surface area contributed by atoms with Crippen molar-refractivity contribution in [3.05, 3.63) is 35.9 Å². The van der Waals surface area contributed by atoms with E-state index in [2.05, 4.69) is 43.5 Å². The normalized spacial score (nSPS) is 11.9. The van der Waals surface area contributed by atoms with Crippen LogP contribution in [0, 0.1) is 0 Å². The first kappa shape index (κ1) is 22.9. The van der Waals surface area contributed by atoms with Crippen LogP contribution in [0.4, 0.5) is 0 Å². The van der Waals surface area contributed by atoms with Crippen LogP contribution in [0.5, 0.6) is 0 Å². The van der Waals surface area contributed by atoms with Crippen LogP contribution in [0.15, 0.2) is 30.3 Å². The van der Waals surface area contributed by atoms with Gasteiger partial charge in [0.1, 0.15) is 11.5 Å². The van der Waals surface area contributed by atoms with Gasteiger partial charge in [0.25, 0.3) is 0 Å². The largest absolute Gasteiger partial charge is 1.00 e. The lowest BCUT2D eigenvalue weighted by Gasteiger charge is -2.05. The zero-order valence-electron chi connectivity index (χ0n) is 15.4. The molecular formula is C21H37ClS. The Morgan fingerprint density at radius 2 is 1.17 bits per heavy atom. The van der Waals surface area contributed by atoms with Crippen LogP contribution < -0.4 is 12.4 Å². The standard InChI is InChI=1S/C21H37S.ClH/c1-3-4-5-6-7-8-9-10-11-12-16-19-22(2)20-21-17-14-13-15-18-21;/h13-15,17-18H,3-12,16,19-20H2,1-2H3;1H/q+1;/p-1. The van der Waals surface area contributed by atoms with Crippen LogP contribution in [-0.4, -0.2) is 12.0 Å². The average molecular weight is 357 g/mol. The molecule has 0 radical (unpaired) electrons. The molecule has 0 spiro atoms. The van der Waals surface area contributed by atoms with Crippen molar-refractivity contribution in [2.45, 2.75) is 83.3 Å². The molecule has 0 bridgehead atoms. The monoisotopic (exact) mass is 356 g/mol. The summed E-state index contributed by atoms with van der Waals surface area (Å²) in [6.07, 6.45) is 18.4. The molecule has 1 aromatic carbocycles. The van der Waals surface area contributed by atoms with Gasteiger partial charge in [-0.1, -0.05) is 95.0 Å². The quantitative estimate of drug-likeness (QED) is 0.352. The van der Waals surface area contributed by atoms with Crippen molar-refractivity contribution in [2.24, 2.45) is 0 Å². The van der Waals surface area contributed by atoms with Crippen molar-refractivity contribution >= 4 is 10.9 Å². The van der Waals surface area contributed by atoms with Gasteiger partial charge < -0.3 is 12.4 Å². The average Bonchev–Trinajstić information content (AvgIpc) is 2.53. The minimum atomic E-state index is 0. The molecule has 0 aromatic heterocycles. The van der Waals surface area contributed by atoms with Crippen LogP contribution in [0.25, 0.3) is 0 Å². The Kier molecular flexibility index (Phi) is 16.6. The van der Waals surface area contributed by atoms with E-state index < -0.39 is 0 Å². The van der Waals surface area contributed by atoms with E-state index in [4.69, 9.17) is 0 Å². The van der Waals surface area contributed by atoms with Crippen molar-refractivity contribution in [3.63, 3.8) is 0 Å². The molecule has 0 fully saturated rings. The van der Waals surface area contributed by atoms with Crippen molar-refractivity contribution in [1.82, 2.24) is 0 Å². The summed E-state index contributed by atoms with van der Waals surface area (Å²) in [4.78, 5) is 0. The molecule has 2 heteroatoms. The van der Waals surface area contributed by atoms with Gasteiger partial charge >= 0.3 is 0 Å². The van der Waals surface area contributed by atoms with Crippen molar-refractivity contribution < 1.29 is 12.4 Å². The SMILES string of the molecule is CCCCCCCCCCCCC[S+](C)Cc1ccccc1.[Cl-]. The fourth-order valence-corrected chi connectivity index (χ4v) is 4.55. The lowest BCUT2D eigenvalue weighted by atomic mass is 10.1. The molecule has 1 rings (SSSR count). The summed E-state index contributed by atoms with van der Waals surface area (Å²) >= 11 is 0. The Bertz CT molecular complexity index is 339. The van der Waals surface area contributed by atoms with Gasteiger partial charge in [-0.25, -0.2) is 0 Å². The number of rotatable bonds is 14. The maximum Gasteiger partial charge on any atom is 0.132 e. The highest BCUT2D eigenvalue weighted by Gasteiger charge is 2.10. The highest BCUT2D eigenvalue weighted by atomic mass is 35.5. The van der Waals surface area contributed by atoms with Crippen LogP contribution >= 0.6 is 0 Å². The topological polar surface area (TPSA) is 0 Å². The Hall–Kier alpha value is -0.140. The third-order valence-corrected chi connectivity index (χ3v) is 6.16. The fraction of sp³-hybridized carbons (Fsp3) is 0.714. The van der Waals surface area contributed by atoms with Gasteiger partial charge in [0.2, 0.25) is 0 Å². The lowest BCUT2D eigenvalue weighted by molar-refractivity contribution is -0.00000485. The highest BCUT2D eigenvalue weighted by molar-refractivity contribution is 7.95. The summed E-state index contributed by atoms with van der Waals surface area (Å²) in [6.45, 7) is 2.29. The van der Waals surface area contributed by atoms with E-state index in [1.54, 1.807) is 0 Å². The van der Waals surface area contributed by atoms with E-state index in [-0.39, 0.29) is 12.4 Å². The molecule has 0 aliphatic heterocycles. The maximum absolute atomic E-state index is 2.43. The Balaban J connectivity index is 0.00000484. The summed E-state index contributed by atoms with van der Waals surface area (Å²) in [6, 6.07) is 11.0. The second-order valence-corrected chi connectivity index (χ2v) is 8.91. The summed E-state index contributed by atoms with van der Waals surface area (Å²) in [5, 5.41) is 0. The molecule has 0 aliphatic carbocycles. The number of benzene rings is 1. The van der Waals surface area contributed by atoms with Crippen LogP contribution in [0.3, 0.4) is 0 Å². The molecule has 0 N–H and O–H groups in total. The van der Waals surface area contributed by atoms with Gasteiger partial charge in [-0.15, -0.1) is 0 Å². The van der Waals surface area contributed by atoms with Gasteiger partial charge in [0.05, 0.1) is 6.26 Å². The number of hydrogen-bond acceptors (Lipinski definition) is 0. The Labute approximate surface area is 154 Å². The molecule has 1 aromatic rings. The van der Waals surface area contributed by atoms with Gasteiger partial charge in [0, 0.05) is 5.56 Å². The second-order valence-electron chi connectivity index (χ2n) is 6.65. The minimum absolute atomic E-state index is 0. The van der Waals surface area contributed by atoms with Gasteiger partial charge in [0.15, 0.2) is 0 Å². The number of halogens is 1. The van der Waals surface area contributed by atoms with E-state index in [0.29, 0.717) is 10.9 Å². The predicted molar refractivity (Wildman–Crippen MR) is 105 cm³/mol. The highest BCUT2D eigenvalue weighted by Crippen LogP contribution is 2.13. The molecule has 0 saturated carbocycles. The molecule has 1 unspecified atom stereocenters. The van der Waals surface area contributed by atoms with Crippen LogP contribution in [0.2, 0.25) is 0 Å². The summed E-state index contributed by atoms with van der Waals surface area (Å²) in [5.41, 5.74) is 1.51. The molecular weight excluding hydrogens is 320 g/mol. The molecule has 23 heavy (non-hydrogen) atoms. The first-order chi connectivity index (χ1) is 10.8. The van der Waals surface area contributed by atoms with Crippen molar-refractivity contribution in [3.8, 4) is 0 Å². The van der Waals surface area contributed by atoms with E-state index in [9.17, 15) is 0 Å². The molecule has 1 atom stereocenters. The van der Waals surface area contributed by atoms with Gasteiger partial charge in [-0.3, -0.25) is 0 Å². The van der Waals surface area contributed by atoms with Crippen LogP contribution in [0.1, 0.15) is 83.1 Å². The van der Waals surface area contributed by atoms with Gasteiger partial charge in [-0.2, -0.15) is 0 Å². The molecule has 0 amide bonds. The number of hydrogen-bond donors (Lipinski definition) is 0. The molecule has 0 saturated heterocycles. The van der Waals surface area contributed by atoms with Crippen molar-refractivity contribution in [1.29, 1.82) is 0 Å². The first-order valence-corrected chi connectivity index (χ1v) is 11.4. The zero-order chi connectivity index (χ0) is 15.9. The van der Waals surface area contributed by atoms with E-state index in [1.165, 1.54) is 87.7 Å². The van der Waals surface area contributed by atoms with Crippen LogP contribution in [-0.2, 0) is 16.6 Å². The summed E-state index contributed by atoms with van der Waals surface area (Å²) < 4.78 is 0. The lowest BCUT2D eigenvalue weighted by Crippen LogP contribution is -3.00. The molecule has 0 aliphatic rings. The smallest absolute Gasteiger partial charge is 0.132 e. The fourth-order valence-electron chi connectivity index (χ4n) is 2.94. The number of unbranched alkanes of at least 4 members (excludes halogenated alkanes) is 10. The zero-order valence-corrected chi connectivity index (χ0v) is 16.9. The summed E-state index contributed by atoms with van der Waals surface area (Å²) in [5.74, 6) is 2.70. The molecule has 0 heterocycles. The van der Waals surface area contributed by atoms with Crippen molar-refractivity contribution in [2.75, 3.05) is 12.0 Å². The second kappa shape index (κ2) is 16.7. The predicted octanol–water partition coefficient (Wildman–Crippen LogP) is 3.75. The summed E-state index contributed by atoms with van der Waals surface area (Å²) in [7, 11) is 0.565. The third-order valence-electron chi connectivity index (χ3n) is 4.35. The molecule has 0 nitrogen and oxygen atoms in total. The first-order valence-electron chi connectivity index (χ1n) is 9.46. The minimum Gasteiger partial charge on any atom is -1.00 e. The maximum atomic E-state index is 2.43. The third kappa shape index (κ3) is 14.0.